The van der Waals surface area contributed by atoms with Crippen LogP contribution in [0.4, 0.5) is 5.69 Å². The largest absolute Gasteiger partial charge is 0.495 e. The van der Waals surface area contributed by atoms with Gasteiger partial charge in [0.1, 0.15) is 5.75 Å². The summed E-state index contributed by atoms with van der Waals surface area (Å²) >= 11 is 0. The van der Waals surface area contributed by atoms with Crippen LogP contribution in [-0.4, -0.2) is 25.3 Å². The van der Waals surface area contributed by atoms with Crippen molar-refractivity contribution in [2.24, 2.45) is 5.10 Å². The number of hydrazone groups is 1. The number of benzene rings is 2. The van der Waals surface area contributed by atoms with Crippen LogP contribution >= 0.6 is 0 Å². The first-order valence-corrected chi connectivity index (χ1v) is 8.52. The zero-order chi connectivity index (χ0) is 17.9. The third-order valence-electron chi connectivity index (χ3n) is 3.74. The average Bonchev–Trinajstić information content (AvgIpc) is 2.67. The molecule has 132 valence electrons. The molecular weight excluding hydrogens is 314 g/mol. The fourth-order valence-corrected chi connectivity index (χ4v) is 2.38. The highest BCUT2D eigenvalue weighted by Crippen LogP contribution is 2.22. The van der Waals surface area contributed by atoms with Crippen molar-refractivity contribution in [2.45, 2.75) is 26.2 Å². The summed E-state index contributed by atoms with van der Waals surface area (Å²) in [5, 5.41) is 7.40. The molecule has 0 saturated carbocycles. The summed E-state index contributed by atoms with van der Waals surface area (Å²) in [7, 11) is 1.60. The van der Waals surface area contributed by atoms with Crippen molar-refractivity contribution in [1.82, 2.24) is 5.43 Å². The Morgan fingerprint density at radius 1 is 1.08 bits per heavy atom. The van der Waals surface area contributed by atoms with Gasteiger partial charge in [-0.15, -0.1) is 0 Å². The molecule has 0 aliphatic carbocycles. The third-order valence-corrected chi connectivity index (χ3v) is 3.74. The van der Waals surface area contributed by atoms with Gasteiger partial charge >= 0.3 is 0 Å². The highest BCUT2D eigenvalue weighted by molar-refractivity contribution is 6.01. The smallest absolute Gasteiger partial charge is 0.259 e. The molecule has 0 aromatic heterocycles. The minimum Gasteiger partial charge on any atom is -0.495 e. The molecule has 5 nitrogen and oxygen atoms in total. The predicted molar refractivity (Wildman–Crippen MR) is 102 cm³/mol. The van der Waals surface area contributed by atoms with Gasteiger partial charge in [0.15, 0.2) is 0 Å². The molecule has 5 heteroatoms. The average molecular weight is 339 g/mol. The lowest BCUT2D eigenvalue weighted by Crippen LogP contribution is -2.27. The summed E-state index contributed by atoms with van der Waals surface area (Å²) in [4.78, 5) is 12.1. The van der Waals surface area contributed by atoms with Crippen LogP contribution in [0.1, 0.15) is 31.7 Å². The zero-order valence-corrected chi connectivity index (χ0v) is 14.8. The Hall–Kier alpha value is -2.82. The molecule has 0 radical (unpaired) electrons. The molecule has 2 N–H and O–H groups in total. The number of hydrogen-bond donors (Lipinski definition) is 2. The molecule has 0 fully saturated rings. The van der Waals surface area contributed by atoms with E-state index >= 15 is 0 Å². The van der Waals surface area contributed by atoms with Gasteiger partial charge in [-0.25, -0.2) is 5.43 Å². The van der Waals surface area contributed by atoms with Crippen LogP contribution in [-0.2, 0) is 4.79 Å². The molecule has 0 atom stereocenters. The van der Waals surface area contributed by atoms with Crippen molar-refractivity contribution >= 4 is 17.3 Å². The monoisotopic (exact) mass is 339 g/mol. The molecule has 0 spiro atoms. The van der Waals surface area contributed by atoms with E-state index in [2.05, 4.69) is 22.8 Å². The number of nitrogens with zero attached hydrogens (tertiary/aromatic N) is 1. The van der Waals surface area contributed by atoms with Crippen molar-refractivity contribution in [3.63, 3.8) is 0 Å². The number of anilines is 1. The van der Waals surface area contributed by atoms with Crippen molar-refractivity contribution in [2.75, 3.05) is 19.0 Å². The maximum atomic E-state index is 12.1. The van der Waals surface area contributed by atoms with Gasteiger partial charge in [-0.1, -0.05) is 55.8 Å². The van der Waals surface area contributed by atoms with Crippen LogP contribution in [0.15, 0.2) is 59.7 Å². The quantitative estimate of drug-likeness (QED) is 0.539. The Bertz CT molecular complexity index is 699. The molecule has 0 heterocycles. The first-order chi connectivity index (χ1) is 12.2. The minimum atomic E-state index is -0.198. The molecule has 0 aliphatic rings. The highest BCUT2D eigenvalue weighted by atomic mass is 16.5. The number of amides is 1. The number of rotatable bonds is 9. The number of nitrogens with one attached hydrogen (secondary N) is 2. The van der Waals surface area contributed by atoms with Crippen LogP contribution in [0.2, 0.25) is 0 Å². The molecule has 25 heavy (non-hydrogen) atoms. The van der Waals surface area contributed by atoms with Crippen molar-refractivity contribution in [3.05, 3.63) is 60.2 Å². The van der Waals surface area contributed by atoms with Gasteiger partial charge in [-0.2, -0.15) is 5.10 Å². The first-order valence-electron chi connectivity index (χ1n) is 8.52. The van der Waals surface area contributed by atoms with Gasteiger partial charge in [0.25, 0.3) is 5.91 Å². The van der Waals surface area contributed by atoms with Gasteiger partial charge < -0.3 is 10.1 Å². The summed E-state index contributed by atoms with van der Waals surface area (Å²) in [5.41, 5.74) is 5.35. The van der Waals surface area contributed by atoms with E-state index in [0.717, 1.165) is 36.2 Å². The summed E-state index contributed by atoms with van der Waals surface area (Å²) in [6.45, 7) is 2.26. The lowest BCUT2D eigenvalue weighted by atomic mass is 10.1. The molecule has 0 aliphatic heterocycles. The van der Waals surface area contributed by atoms with Gasteiger partial charge in [-0.3, -0.25) is 4.79 Å². The van der Waals surface area contributed by atoms with Crippen LogP contribution in [0.25, 0.3) is 0 Å². The Morgan fingerprint density at radius 3 is 2.52 bits per heavy atom. The summed E-state index contributed by atoms with van der Waals surface area (Å²) in [6, 6.07) is 17.4. The second kappa shape index (κ2) is 10.1. The predicted octanol–water partition coefficient (Wildman–Crippen LogP) is 3.82. The number of unbranched alkanes of at least 4 members (excludes halogenated alkanes) is 1. The standard InChI is InChI=1S/C20H25N3O2/c1-3-4-12-17(16-10-6-5-7-11-16)22-23-20(24)15-21-18-13-8-9-14-19(18)25-2/h5-11,13-14,21H,3-4,12,15H2,1-2H3,(H,23,24). The van der Waals surface area contributed by atoms with E-state index in [1.165, 1.54) is 0 Å². The van der Waals surface area contributed by atoms with Crippen LogP contribution in [0, 0.1) is 0 Å². The molecule has 0 saturated heterocycles. The van der Waals surface area contributed by atoms with Crippen molar-refractivity contribution < 1.29 is 9.53 Å². The second-order valence-electron chi connectivity index (χ2n) is 5.62. The molecular formula is C20H25N3O2. The normalized spacial score (nSPS) is 11.0. The number of para-hydroxylation sites is 2. The van der Waals surface area contributed by atoms with E-state index in [9.17, 15) is 4.79 Å². The highest BCUT2D eigenvalue weighted by Gasteiger charge is 2.06. The maximum absolute atomic E-state index is 12.1. The number of hydrogen-bond acceptors (Lipinski definition) is 4. The Kier molecular flexibility index (Phi) is 7.50. The van der Waals surface area contributed by atoms with Crippen molar-refractivity contribution in [1.29, 1.82) is 0 Å². The molecule has 2 rings (SSSR count). The Morgan fingerprint density at radius 2 is 1.80 bits per heavy atom. The Labute approximate surface area is 149 Å². The third kappa shape index (κ3) is 5.95. The van der Waals surface area contributed by atoms with E-state index in [0.29, 0.717) is 5.75 Å². The van der Waals surface area contributed by atoms with E-state index < -0.39 is 0 Å². The zero-order valence-electron chi connectivity index (χ0n) is 14.8. The number of carbonyl (C=O) groups excluding carboxylic acids is 1. The molecule has 0 bridgehead atoms. The minimum absolute atomic E-state index is 0.125. The van der Waals surface area contributed by atoms with Gasteiger partial charge in [-0.05, 0) is 30.5 Å². The topological polar surface area (TPSA) is 62.7 Å². The Balaban J connectivity index is 1.96. The van der Waals surface area contributed by atoms with Crippen LogP contribution in [0.3, 0.4) is 0 Å². The lowest BCUT2D eigenvalue weighted by Gasteiger charge is -2.10. The molecule has 2 aromatic rings. The van der Waals surface area contributed by atoms with E-state index in [1.54, 1.807) is 7.11 Å². The fourth-order valence-electron chi connectivity index (χ4n) is 2.38. The van der Waals surface area contributed by atoms with Gasteiger partial charge in [0.05, 0.1) is 25.1 Å². The fraction of sp³-hybridized carbons (Fsp3) is 0.300. The second-order valence-corrected chi connectivity index (χ2v) is 5.62. The van der Waals surface area contributed by atoms with Crippen LogP contribution in [0.5, 0.6) is 5.75 Å². The molecule has 0 unspecified atom stereocenters. The van der Waals surface area contributed by atoms with E-state index in [4.69, 9.17) is 4.74 Å². The van der Waals surface area contributed by atoms with Crippen molar-refractivity contribution in [3.8, 4) is 5.75 Å². The molecule has 2 aromatic carbocycles. The SMILES string of the molecule is CCCCC(=NNC(=O)CNc1ccccc1OC)c1ccccc1. The van der Waals surface area contributed by atoms with E-state index in [-0.39, 0.29) is 12.5 Å². The van der Waals surface area contributed by atoms with Gasteiger partial charge in [0, 0.05) is 0 Å². The molecule has 1 amide bonds. The number of methoxy groups -OCH3 is 1. The van der Waals surface area contributed by atoms with Crippen LogP contribution < -0.4 is 15.5 Å². The summed E-state index contributed by atoms with van der Waals surface area (Å²) < 4.78 is 5.26. The van der Waals surface area contributed by atoms with Gasteiger partial charge in [0.2, 0.25) is 0 Å². The number of ether oxygens (including phenoxy) is 1. The lowest BCUT2D eigenvalue weighted by molar-refractivity contribution is -0.119. The maximum Gasteiger partial charge on any atom is 0.259 e. The number of carbonyl (C=O) groups is 1. The summed E-state index contributed by atoms with van der Waals surface area (Å²) in [5.74, 6) is 0.502. The first kappa shape index (κ1) is 18.5. The summed E-state index contributed by atoms with van der Waals surface area (Å²) in [6.07, 6.45) is 2.94. The van der Waals surface area contributed by atoms with E-state index in [1.807, 2.05) is 54.6 Å².